The Bertz CT molecular complexity index is 742. The van der Waals surface area contributed by atoms with Crippen LogP contribution >= 0.6 is 0 Å². The zero-order chi connectivity index (χ0) is 18.8. The van der Waals surface area contributed by atoms with Crippen molar-refractivity contribution >= 4 is 17.8 Å². The molecular weight excluding hydrogens is 332 g/mol. The number of carbonyl (C=O) groups is 3. The number of urea groups is 1. The smallest absolute Gasteiger partial charge is 0.325 e. The molecule has 6 heteroatoms. The Morgan fingerprint density at radius 3 is 2.23 bits per heavy atom. The average Bonchev–Trinajstić information content (AvgIpc) is 2.69. The van der Waals surface area contributed by atoms with Crippen molar-refractivity contribution in [3.05, 3.63) is 71.3 Å². The summed E-state index contributed by atoms with van der Waals surface area (Å²) in [5, 5.41) is 5.03. The van der Waals surface area contributed by atoms with Gasteiger partial charge >= 0.3 is 12.0 Å². The number of ketones is 1. The summed E-state index contributed by atoms with van der Waals surface area (Å²) in [6, 6.07) is 16.1. The molecule has 136 valence electrons. The minimum absolute atomic E-state index is 0.283. The van der Waals surface area contributed by atoms with Gasteiger partial charge in [-0.05, 0) is 17.5 Å². The summed E-state index contributed by atoms with van der Waals surface area (Å²) >= 11 is 0. The van der Waals surface area contributed by atoms with Crippen LogP contribution in [0.15, 0.2) is 54.6 Å². The van der Waals surface area contributed by atoms with Gasteiger partial charge in [-0.15, -0.1) is 0 Å². The van der Waals surface area contributed by atoms with Gasteiger partial charge in [0.25, 0.3) is 0 Å². The summed E-state index contributed by atoms with van der Waals surface area (Å²) in [4.78, 5) is 35.3. The second-order valence-electron chi connectivity index (χ2n) is 5.66. The van der Waals surface area contributed by atoms with E-state index in [-0.39, 0.29) is 18.9 Å². The third-order valence-electron chi connectivity index (χ3n) is 3.74. The van der Waals surface area contributed by atoms with Crippen LogP contribution in [0.3, 0.4) is 0 Å². The molecule has 2 aromatic rings. The lowest BCUT2D eigenvalue weighted by Crippen LogP contribution is -2.38. The van der Waals surface area contributed by atoms with E-state index in [1.807, 2.05) is 49.4 Å². The Morgan fingerprint density at radius 1 is 0.885 bits per heavy atom. The van der Waals surface area contributed by atoms with Crippen molar-refractivity contribution in [3.8, 4) is 0 Å². The Balaban J connectivity index is 1.66. The van der Waals surface area contributed by atoms with Gasteiger partial charge in [0.15, 0.2) is 12.4 Å². The lowest BCUT2D eigenvalue weighted by molar-refractivity contribution is -0.141. The molecule has 0 saturated carbocycles. The zero-order valence-corrected chi connectivity index (χ0v) is 14.7. The fraction of sp³-hybridized carbons (Fsp3) is 0.250. The molecule has 2 N–H and O–H groups in total. The number of rotatable bonds is 8. The van der Waals surface area contributed by atoms with Gasteiger partial charge in [0.1, 0.15) is 6.54 Å². The number of nitrogens with one attached hydrogen (secondary N) is 2. The van der Waals surface area contributed by atoms with Crippen LogP contribution in [-0.4, -0.2) is 30.9 Å². The number of hydrogen-bond acceptors (Lipinski definition) is 4. The van der Waals surface area contributed by atoms with Gasteiger partial charge in [-0.2, -0.15) is 0 Å². The summed E-state index contributed by atoms with van der Waals surface area (Å²) < 4.78 is 4.90. The largest absolute Gasteiger partial charge is 0.456 e. The molecule has 0 radical (unpaired) electrons. The lowest BCUT2D eigenvalue weighted by Gasteiger charge is -2.08. The molecule has 0 bridgehead atoms. The number of aryl methyl sites for hydroxylation is 1. The monoisotopic (exact) mass is 354 g/mol. The van der Waals surface area contributed by atoms with E-state index >= 15 is 0 Å². The molecular formula is C20H22N2O4. The summed E-state index contributed by atoms with van der Waals surface area (Å²) in [5.41, 5.74) is 2.57. The molecule has 26 heavy (non-hydrogen) atoms. The molecule has 2 amide bonds. The summed E-state index contributed by atoms with van der Waals surface area (Å²) in [6.45, 7) is 1.73. The molecule has 0 unspecified atom stereocenters. The van der Waals surface area contributed by atoms with Crippen molar-refractivity contribution in [1.29, 1.82) is 0 Å². The zero-order valence-electron chi connectivity index (χ0n) is 14.7. The highest BCUT2D eigenvalue weighted by atomic mass is 16.5. The second kappa shape index (κ2) is 9.98. The highest BCUT2D eigenvalue weighted by Gasteiger charge is 2.11. The van der Waals surface area contributed by atoms with Crippen molar-refractivity contribution in [2.24, 2.45) is 0 Å². The molecule has 0 saturated heterocycles. The SMILES string of the molecule is CCc1ccc(C(=O)COC(=O)CNC(=O)NCc2ccccc2)cc1. The van der Waals surface area contributed by atoms with Gasteiger partial charge in [-0.25, -0.2) is 4.79 Å². The van der Waals surface area contributed by atoms with E-state index < -0.39 is 12.0 Å². The molecule has 0 heterocycles. The number of benzene rings is 2. The Kier molecular flexibility index (Phi) is 7.36. The molecule has 0 spiro atoms. The number of esters is 1. The van der Waals surface area contributed by atoms with Gasteiger partial charge in [0, 0.05) is 12.1 Å². The quantitative estimate of drug-likeness (QED) is 0.563. The maximum absolute atomic E-state index is 12.0. The minimum Gasteiger partial charge on any atom is -0.456 e. The number of ether oxygens (including phenoxy) is 1. The highest BCUT2D eigenvalue weighted by Crippen LogP contribution is 2.06. The summed E-state index contributed by atoms with van der Waals surface area (Å²) in [7, 11) is 0. The van der Waals surface area contributed by atoms with Crippen molar-refractivity contribution < 1.29 is 19.1 Å². The number of amides is 2. The van der Waals surface area contributed by atoms with Crippen LogP contribution in [0.5, 0.6) is 0 Å². The van der Waals surface area contributed by atoms with E-state index in [1.54, 1.807) is 12.1 Å². The van der Waals surface area contributed by atoms with E-state index in [0.717, 1.165) is 17.5 Å². The van der Waals surface area contributed by atoms with Gasteiger partial charge in [0.2, 0.25) is 0 Å². The Hall–Kier alpha value is -3.15. The fourth-order valence-electron chi connectivity index (χ4n) is 2.20. The number of hydrogen-bond donors (Lipinski definition) is 2. The normalized spacial score (nSPS) is 10.0. The van der Waals surface area contributed by atoms with Crippen LogP contribution in [0.4, 0.5) is 4.79 Å². The molecule has 0 aromatic heterocycles. The highest BCUT2D eigenvalue weighted by molar-refractivity contribution is 5.98. The summed E-state index contributed by atoms with van der Waals surface area (Å²) in [6.07, 6.45) is 0.890. The first-order valence-corrected chi connectivity index (χ1v) is 8.42. The van der Waals surface area contributed by atoms with E-state index in [0.29, 0.717) is 12.1 Å². The van der Waals surface area contributed by atoms with Gasteiger partial charge in [-0.3, -0.25) is 9.59 Å². The Labute approximate surface area is 152 Å². The van der Waals surface area contributed by atoms with Crippen LogP contribution in [0, 0.1) is 0 Å². The Morgan fingerprint density at radius 2 is 1.58 bits per heavy atom. The van der Waals surface area contributed by atoms with Crippen molar-refractivity contribution in [1.82, 2.24) is 10.6 Å². The molecule has 0 fully saturated rings. The van der Waals surface area contributed by atoms with Crippen LogP contribution in [0.25, 0.3) is 0 Å². The van der Waals surface area contributed by atoms with Crippen LogP contribution in [-0.2, 0) is 22.5 Å². The van der Waals surface area contributed by atoms with Crippen molar-refractivity contribution in [3.63, 3.8) is 0 Å². The van der Waals surface area contributed by atoms with Gasteiger partial charge < -0.3 is 15.4 Å². The van der Waals surface area contributed by atoms with Gasteiger partial charge in [-0.1, -0.05) is 61.5 Å². The molecule has 0 atom stereocenters. The predicted molar refractivity (Wildman–Crippen MR) is 97.8 cm³/mol. The maximum Gasteiger partial charge on any atom is 0.325 e. The van der Waals surface area contributed by atoms with E-state index in [9.17, 15) is 14.4 Å². The molecule has 0 aliphatic heterocycles. The van der Waals surface area contributed by atoms with Crippen LogP contribution in [0.2, 0.25) is 0 Å². The second-order valence-corrected chi connectivity index (χ2v) is 5.66. The predicted octanol–water partition coefficient (Wildman–Crippen LogP) is 2.47. The number of carbonyl (C=O) groups excluding carboxylic acids is 3. The first-order valence-electron chi connectivity index (χ1n) is 8.42. The maximum atomic E-state index is 12.0. The molecule has 2 rings (SSSR count). The van der Waals surface area contributed by atoms with E-state index in [4.69, 9.17) is 4.74 Å². The lowest BCUT2D eigenvalue weighted by atomic mass is 10.1. The molecule has 0 aliphatic carbocycles. The third-order valence-corrected chi connectivity index (χ3v) is 3.74. The van der Waals surface area contributed by atoms with Gasteiger partial charge in [0.05, 0.1) is 0 Å². The molecule has 6 nitrogen and oxygen atoms in total. The minimum atomic E-state index is -0.668. The molecule has 2 aromatic carbocycles. The van der Waals surface area contributed by atoms with E-state index in [2.05, 4.69) is 10.6 Å². The number of Topliss-reactive ketones (excluding diaryl/α,β-unsaturated/α-hetero) is 1. The molecule has 0 aliphatic rings. The van der Waals surface area contributed by atoms with Crippen molar-refractivity contribution in [2.45, 2.75) is 19.9 Å². The van der Waals surface area contributed by atoms with Crippen LogP contribution in [0.1, 0.15) is 28.4 Å². The third kappa shape index (κ3) is 6.39. The summed E-state index contributed by atoms with van der Waals surface area (Å²) in [5.74, 6) is -0.951. The van der Waals surface area contributed by atoms with Crippen LogP contribution < -0.4 is 10.6 Å². The fourth-order valence-corrected chi connectivity index (χ4v) is 2.20. The topological polar surface area (TPSA) is 84.5 Å². The standard InChI is InChI=1S/C20H22N2O4/c1-2-15-8-10-17(11-9-15)18(23)14-26-19(24)13-22-20(25)21-12-16-6-4-3-5-7-16/h3-11H,2,12-14H2,1H3,(H2,21,22,25). The van der Waals surface area contributed by atoms with E-state index in [1.165, 1.54) is 0 Å². The van der Waals surface area contributed by atoms with Crippen molar-refractivity contribution in [2.75, 3.05) is 13.2 Å². The first kappa shape index (κ1) is 19.2. The average molecular weight is 354 g/mol. The first-order chi connectivity index (χ1) is 12.6.